The average molecular weight is 500 g/mol. The van der Waals surface area contributed by atoms with E-state index in [4.69, 9.17) is 4.74 Å². The third kappa shape index (κ3) is 5.67. The molecule has 1 aromatic rings. The third-order valence-electron chi connectivity index (χ3n) is 6.52. The summed E-state index contributed by atoms with van der Waals surface area (Å²) in [5, 5.41) is 8.40. The molecule has 3 aliphatic rings. The van der Waals surface area contributed by atoms with Crippen molar-refractivity contribution in [2.75, 3.05) is 31.5 Å². The fraction of sp³-hybridized carbons (Fsp3) is 0.560. The van der Waals surface area contributed by atoms with E-state index in [-0.39, 0.29) is 30.0 Å². The van der Waals surface area contributed by atoms with E-state index in [0.717, 1.165) is 37.4 Å². The second kappa shape index (κ2) is 10.3. The predicted octanol–water partition coefficient (Wildman–Crippen LogP) is 1.49. The number of piperidine rings is 2. The van der Waals surface area contributed by atoms with Crippen LogP contribution in [-0.4, -0.2) is 83.4 Å². The van der Waals surface area contributed by atoms with Crippen LogP contribution in [0.15, 0.2) is 18.2 Å². The average Bonchev–Trinajstić information content (AvgIpc) is 3.05. The number of anilines is 1. The van der Waals surface area contributed by atoms with Crippen LogP contribution in [0.1, 0.15) is 67.2 Å². The first-order valence-electron chi connectivity index (χ1n) is 12.3. The molecular formula is C25H33N5O6. The van der Waals surface area contributed by atoms with Gasteiger partial charge >= 0.3 is 6.09 Å². The zero-order chi connectivity index (χ0) is 26.0. The summed E-state index contributed by atoms with van der Waals surface area (Å²) >= 11 is 0. The zero-order valence-electron chi connectivity index (χ0n) is 20.9. The number of alkyl carbamates (subject to hydrolysis) is 1. The number of benzene rings is 1. The lowest BCUT2D eigenvalue weighted by Gasteiger charge is -2.33. The Morgan fingerprint density at radius 3 is 2.47 bits per heavy atom. The molecule has 1 atom stereocenters. The summed E-state index contributed by atoms with van der Waals surface area (Å²) in [4.78, 5) is 65.1. The molecule has 5 amide bonds. The molecule has 3 heterocycles. The van der Waals surface area contributed by atoms with Crippen molar-refractivity contribution in [1.29, 1.82) is 0 Å². The maximum Gasteiger partial charge on any atom is 0.407 e. The molecule has 0 radical (unpaired) electrons. The number of carbonyl (C=O) groups is 5. The smallest absolute Gasteiger partial charge is 0.407 e. The number of imide groups is 2. The molecule has 0 aliphatic carbocycles. The molecule has 2 saturated heterocycles. The van der Waals surface area contributed by atoms with Crippen molar-refractivity contribution in [3.8, 4) is 0 Å². The van der Waals surface area contributed by atoms with Crippen LogP contribution in [-0.2, 0) is 14.3 Å². The molecule has 4 rings (SSSR count). The van der Waals surface area contributed by atoms with Crippen molar-refractivity contribution in [3.05, 3.63) is 29.3 Å². The van der Waals surface area contributed by atoms with Gasteiger partial charge in [0, 0.05) is 44.3 Å². The van der Waals surface area contributed by atoms with Crippen LogP contribution in [0.25, 0.3) is 0 Å². The number of hydrogen-bond donors (Lipinski definition) is 3. The van der Waals surface area contributed by atoms with E-state index in [2.05, 4.69) is 20.9 Å². The first-order valence-corrected chi connectivity index (χ1v) is 12.3. The number of fused-ring (bicyclic) bond motifs is 1. The topological polar surface area (TPSA) is 137 Å². The number of ether oxygens (including phenoxy) is 1. The number of amides is 5. The summed E-state index contributed by atoms with van der Waals surface area (Å²) in [6.45, 7) is 8.41. The normalized spacial score (nSPS) is 21.3. The van der Waals surface area contributed by atoms with E-state index in [0.29, 0.717) is 12.2 Å². The van der Waals surface area contributed by atoms with Gasteiger partial charge in [-0.3, -0.25) is 29.4 Å². The highest BCUT2D eigenvalue weighted by molar-refractivity contribution is 6.25. The van der Waals surface area contributed by atoms with Gasteiger partial charge in [0.15, 0.2) is 0 Å². The van der Waals surface area contributed by atoms with Crippen LogP contribution in [0.3, 0.4) is 0 Å². The largest absolute Gasteiger partial charge is 0.444 e. The Labute approximate surface area is 209 Å². The van der Waals surface area contributed by atoms with Gasteiger partial charge in [-0.2, -0.15) is 0 Å². The van der Waals surface area contributed by atoms with E-state index in [9.17, 15) is 24.0 Å². The predicted molar refractivity (Wildman–Crippen MR) is 130 cm³/mol. The van der Waals surface area contributed by atoms with Gasteiger partial charge in [-0.05, 0) is 52.2 Å². The minimum absolute atomic E-state index is 0.0725. The summed E-state index contributed by atoms with van der Waals surface area (Å²) < 4.78 is 5.33. The molecule has 1 unspecified atom stereocenters. The molecule has 11 nitrogen and oxygen atoms in total. The fourth-order valence-electron chi connectivity index (χ4n) is 4.79. The highest BCUT2D eigenvalue weighted by atomic mass is 16.6. The van der Waals surface area contributed by atoms with Gasteiger partial charge in [0.1, 0.15) is 11.6 Å². The molecule has 3 N–H and O–H groups in total. The van der Waals surface area contributed by atoms with Crippen molar-refractivity contribution >= 4 is 35.4 Å². The minimum Gasteiger partial charge on any atom is -0.444 e. The van der Waals surface area contributed by atoms with Crippen LogP contribution in [0, 0.1) is 0 Å². The highest BCUT2D eigenvalue weighted by Gasteiger charge is 2.45. The maximum absolute atomic E-state index is 13.2. The number of nitrogens with one attached hydrogen (secondary N) is 3. The summed E-state index contributed by atoms with van der Waals surface area (Å²) in [7, 11) is 0. The van der Waals surface area contributed by atoms with Crippen molar-refractivity contribution < 1.29 is 28.7 Å². The van der Waals surface area contributed by atoms with Crippen molar-refractivity contribution in [3.63, 3.8) is 0 Å². The van der Waals surface area contributed by atoms with Crippen LogP contribution in [0.4, 0.5) is 10.5 Å². The number of nitrogens with zero attached hydrogens (tertiary/aromatic N) is 2. The van der Waals surface area contributed by atoms with E-state index < -0.39 is 41.4 Å². The Kier molecular flexibility index (Phi) is 7.30. The Morgan fingerprint density at radius 1 is 1.08 bits per heavy atom. The molecule has 0 saturated carbocycles. The van der Waals surface area contributed by atoms with Crippen molar-refractivity contribution in [2.24, 2.45) is 0 Å². The standard InChI is InChI=1S/C25H33N5O6/c1-25(2,3)36-24(35)27-15-9-12-29(13-10-15)14-11-26-17-6-4-5-16-20(17)23(34)30(22(16)33)18-7-8-19(31)28-21(18)32/h4-6,15,18,26H,7-14H2,1-3H3,(H,27,35)(H,28,31,32). The van der Waals surface area contributed by atoms with Gasteiger partial charge in [-0.1, -0.05) is 6.07 Å². The van der Waals surface area contributed by atoms with E-state index >= 15 is 0 Å². The first-order chi connectivity index (χ1) is 17.0. The number of rotatable bonds is 6. The van der Waals surface area contributed by atoms with Gasteiger partial charge < -0.3 is 20.3 Å². The Balaban J connectivity index is 1.30. The summed E-state index contributed by atoms with van der Waals surface area (Å²) in [5.41, 5.74) is 0.525. The van der Waals surface area contributed by atoms with Crippen LogP contribution in [0.5, 0.6) is 0 Å². The molecule has 2 fully saturated rings. The SMILES string of the molecule is CC(C)(C)OC(=O)NC1CCN(CCNc2cccc3c2C(=O)N(C2CCC(=O)NC2=O)C3=O)CC1. The van der Waals surface area contributed by atoms with E-state index in [1.807, 2.05) is 20.8 Å². The van der Waals surface area contributed by atoms with E-state index in [1.54, 1.807) is 18.2 Å². The molecule has 0 bridgehead atoms. The highest BCUT2D eigenvalue weighted by Crippen LogP contribution is 2.32. The monoisotopic (exact) mass is 499 g/mol. The molecule has 194 valence electrons. The minimum atomic E-state index is -0.987. The number of hydrogen-bond acceptors (Lipinski definition) is 8. The molecule has 1 aromatic carbocycles. The Bertz CT molecular complexity index is 1070. The van der Waals surface area contributed by atoms with Crippen LogP contribution >= 0.6 is 0 Å². The van der Waals surface area contributed by atoms with Crippen LogP contribution in [0.2, 0.25) is 0 Å². The summed E-state index contributed by atoms with van der Waals surface area (Å²) in [6, 6.07) is 4.11. The fourth-order valence-corrected chi connectivity index (χ4v) is 4.79. The molecule has 11 heteroatoms. The molecule has 0 aromatic heterocycles. The van der Waals surface area contributed by atoms with Crippen molar-refractivity contribution in [2.45, 2.75) is 64.1 Å². The Hall–Kier alpha value is -3.47. The third-order valence-corrected chi connectivity index (χ3v) is 6.52. The second-order valence-corrected chi connectivity index (χ2v) is 10.4. The summed E-state index contributed by atoms with van der Waals surface area (Å²) in [6.07, 6.45) is 1.43. The van der Waals surface area contributed by atoms with Gasteiger partial charge in [0.25, 0.3) is 11.8 Å². The van der Waals surface area contributed by atoms with Gasteiger partial charge in [-0.25, -0.2) is 4.79 Å². The quantitative estimate of drug-likeness (QED) is 0.501. The second-order valence-electron chi connectivity index (χ2n) is 10.4. The maximum atomic E-state index is 13.2. The van der Waals surface area contributed by atoms with E-state index in [1.165, 1.54) is 0 Å². The van der Waals surface area contributed by atoms with Crippen LogP contribution < -0.4 is 16.0 Å². The number of carbonyl (C=O) groups excluding carboxylic acids is 5. The lowest BCUT2D eigenvalue weighted by molar-refractivity contribution is -0.136. The van der Waals surface area contributed by atoms with Gasteiger partial charge in [0.2, 0.25) is 11.8 Å². The Morgan fingerprint density at radius 2 is 1.81 bits per heavy atom. The van der Waals surface area contributed by atoms with Crippen molar-refractivity contribution in [1.82, 2.24) is 20.4 Å². The first kappa shape index (κ1) is 25.6. The lowest BCUT2D eigenvalue weighted by atomic mass is 10.0. The molecule has 0 spiro atoms. The molecular weight excluding hydrogens is 466 g/mol. The zero-order valence-corrected chi connectivity index (χ0v) is 20.9. The lowest BCUT2D eigenvalue weighted by Crippen LogP contribution is -2.54. The number of likely N-dealkylation sites (tertiary alicyclic amines) is 1. The molecule has 36 heavy (non-hydrogen) atoms. The van der Waals surface area contributed by atoms with Gasteiger partial charge in [-0.15, -0.1) is 0 Å². The summed E-state index contributed by atoms with van der Waals surface area (Å²) in [5.74, 6) is -2.07. The molecule has 3 aliphatic heterocycles. The van der Waals surface area contributed by atoms with Gasteiger partial charge in [0.05, 0.1) is 11.1 Å².